The van der Waals surface area contributed by atoms with Crippen LogP contribution in [0.3, 0.4) is 0 Å². The number of aryl methyl sites for hydroxylation is 1. The van der Waals surface area contributed by atoms with Crippen molar-refractivity contribution in [1.82, 2.24) is 5.32 Å². The first kappa shape index (κ1) is 17.5. The van der Waals surface area contributed by atoms with E-state index in [9.17, 15) is 14.4 Å². The van der Waals surface area contributed by atoms with Gasteiger partial charge in [-0.2, -0.15) is 0 Å². The number of nitrogens with two attached hydrogens (primary N) is 1. The van der Waals surface area contributed by atoms with Crippen LogP contribution in [0, 0.1) is 6.92 Å². The molecule has 22 heavy (non-hydrogen) atoms. The summed E-state index contributed by atoms with van der Waals surface area (Å²) < 4.78 is 9.36. The highest BCUT2D eigenvalue weighted by molar-refractivity contribution is 5.92. The first-order valence-corrected chi connectivity index (χ1v) is 6.80. The second kappa shape index (κ2) is 8.66. The number of ether oxygens (including phenoxy) is 2. The molecule has 120 valence electrons. The zero-order valence-electron chi connectivity index (χ0n) is 12.7. The van der Waals surface area contributed by atoms with Crippen LogP contribution >= 0.6 is 0 Å². The molecule has 1 rings (SSSR count). The van der Waals surface area contributed by atoms with Crippen molar-refractivity contribution < 1.29 is 23.9 Å². The van der Waals surface area contributed by atoms with Crippen LogP contribution in [0.4, 0.5) is 5.69 Å². The fourth-order valence-electron chi connectivity index (χ4n) is 1.60. The van der Waals surface area contributed by atoms with Crippen molar-refractivity contribution in [2.24, 2.45) is 0 Å². The van der Waals surface area contributed by atoms with Gasteiger partial charge in [0.2, 0.25) is 0 Å². The van der Waals surface area contributed by atoms with Gasteiger partial charge in [-0.25, -0.2) is 4.79 Å². The Kier molecular flexibility index (Phi) is 6.88. The highest BCUT2D eigenvalue weighted by Crippen LogP contribution is 2.13. The lowest BCUT2D eigenvalue weighted by atomic mass is 10.1. The third-order valence-electron chi connectivity index (χ3n) is 2.96. The van der Waals surface area contributed by atoms with E-state index in [0.29, 0.717) is 24.2 Å². The monoisotopic (exact) mass is 308 g/mol. The average molecular weight is 308 g/mol. The minimum Gasteiger partial charge on any atom is -0.469 e. The van der Waals surface area contributed by atoms with Gasteiger partial charge in [-0.3, -0.25) is 9.59 Å². The van der Waals surface area contributed by atoms with Crippen molar-refractivity contribution in [1.29, 1.82) is 0 Å². The van der Waals surface area contributed by atoms with Gasteiger partial charge in [-0.1, -0.05) is 6.07 Å². The van der Waals surface area contributed by atoms with Gasteiger partial charge < -0.3 is 20.5 Å². The maximum atomic E-state index is 11.8. The molecule has 0 spiro atoms. The second-order valence-corrected chi connectivity index (χ2v) is 4.68. The van der Waals surface area contributed by atoms with E-state index in [1.54, 1.807) is 12.1 Å². The van der Waals surface area contributed by atoms with Crippen molar-refractivity contribution in [2.75, 3.05) is 26.0 Å². The van der Waals surface area contributed by atoms with E-state index < -0.39 is 11.9 Å². The zero-order chi connectivity index (χ0) is 16.5. The van der Waals surface area contributed by atoms with Crippen LogP contribution in [-0.4, -0.2) is 38.1 Å². The van der Waals surface area contributed by atoms with E-state index in [1.165, 1.54) is 13.2 Å². The van der Waals surface area contributed by atoms with E-state index in [4.69, 9.17) is 10.5 Å². The minimum atomic E-state index is -0.614. The van der Waals surface area contributed by atoms with Crippen LogP contribution in [-0.2, 0) is 19.1 Å². The van der Waals surface area contributed by atoms with Crippen LogP contribution < -0.4 is 11.1 Å². The minimum absolute atomic E-state index is 0.221. The SMILES string of the molecule is COC(=O)CCCNC(=O)COC(=O)c1ccc(C)c(N)c1. The smallest absolute Gasteiger partial charge is 0.338 e. The molecule has 0 bridgehead atoms. The second-order valence-electron chi connectivity index (χ2n) is 4.68. The molecule has 0 aliphatic heterocycles. The Bertz CT molecular complexity index is 557. The molecule has 0 saturated heterocycles. The Morgan fingerprint density at radius 3 is 2.64 bits per heavy atom. The molecule has 0 radical (unpaired) electrons. The topological polar surface area (TPSA) is 108 Å². The molecule has 0 fully saturated rings. The molecule has 0 atom stereocenters. The third kappa shape index (κ3) is 5.82. The predicted molar refractivity (Wildman–Crippen MR) is 80.1 cm³/mol. The Morgan fingerprint density at radius 2 is 2.00 bits per heavy atom. The first-order valence-electron chi connectivity index (χ1n) is 6.80. The number of esters is 2. The number of nitrogen functional groups attached to an aromatic ring is 1. The van der Waals surface area contributed by atoms with E-state index in [1.807, 2.05) is 6.92 Å². The molecule has 0 unspecified atom stereocenters. The number of carbonyl (C=O) groups excluding carboxylic acids is 3. The zero-order valence-corrected chi connectivity index (χ0v) is 12.7. The summed E-state index contributed by atoms with van der Waals surface area (Å²) in [6.07, 6.45) is 0.681. The maximum Gasteiger partial charge on any atom is 0.338 e. The van der Waals surface area contributed by atoms with Crippen molar-refractivity contribution in [3.63, 3.8) is 0 Å². The third-order valence-corrected chi connectivity index (χ3v) is 2.96. The lowest BCUT2D eigenvalue weighted by Crippen LogP contribution is -2.30. The van der Waals surface area contributed by atoms with Gasteiger partial charge in [0.05, 0.1) is 12.7 Å². The number of nitrogens with one attached hydrogen (secondary N) is 1. The quantitative estimate of drug-likeness (QED) is 0.438. The Morgan fingerprint density at radius 1 is 1.27 bits per heavy atom. The number of benzene rings is 1. The largest absolute Gasteiger partial charge is 0.469 e. The van der Waals surface area contributed by atoms with Gasteiger partial charge in [0.15, 0.2) is 6.61 Å². The fourth-order valence-corrected chi connectivity index (χ4v) is 1.60. The summed E-state index contributed by atoms with van der Waals surface area (Å²) in [5, 5.41) is 2.54. The lowest BCUT2D eigenvalue weighted by Gasteiger charge is -2.07. The standard InChI is InChI=1S/C15H20N2O5/c1-10-5-6-11(8-12(10)16)15(20)22-9-13(18)17-7-3-4-14(19)21-2/h5-6,8H,3-4,7,9,16H2,1-2H3,(H,17,18). The number of methoxy groups -OCH3 is 1. The summed E-state index contributed by atoms with van der Waals surface area (Å²) in [4.78, 5) is 34.1. The normalized spacial score (nSPS) is 9.91. The van der Waals surface area contributed by atoms with Crippen molar-refractivity contribution in [3.8, 4) is 0 Å². The number of hydrogen-bond donors (Lipinski definition) is 2. The van der Waals surface area contributed by atoms with Gasteiger partial charge in [-0.15, -0.1) is 0 Å². The van der Waals surface area contributed by atoms with E-state index in [0.717, 1.165) is 5.56 Å². The summed E-state index contributed by atoms with van der Waals surface area (Å²) in [5.41, 5.74) is 7.35. The number of hydrogen-bond acceptors (Lipinski definition) is 6. The molecule has 0 aliphatic rings. The van der Waals surface area contributed by atoms with Gasteiger partial charge >= 0.3 is 11.9 Å². The van der Waals surface area contributed by atoms with Crippen LogP contribution in [0.25, 0.3) is 0 Å². The van der Waals surface area contributed by atoms with Crippen LogP contribution in [0.15, 0.2) is 18.2 Å². The summed E-state index contributed by atoms with van der Waals surface area (Å²) in [7, 11) is 1.30. The van der Waals surface area contributed by atoms with Gasteiger partial charge in [0.1, 0.15) is 0 Å². The van der Waals surface area contributed by atoms with Crippen LogP contribution in [0.1, 0.15) is 28.8 Å². The van der Waals surface area contributed by atoms with Crippen LogP contribution in [0.5, 0.6) is 0 Å². The molecule has 3 N–H and O–H groups in total. The molecule has 1 aromatic rings. The molecular weight excluding hydrogens is 288 g/mol. The van der Waals surface area contributed by atoms with E-state index in [-0.39, 0.29) is 19.0 Å². The van der Waals surface area contributed by atoms with E-state index >= 15 is 0 Å². The Labute approximate surface area is 128 Å². The first-order chi connectivity index (χ1) is 10.4. The van der Waals surface area contributed by atoms with Crippen molar-refractivity contribution in [2.45, 2.75) is 19.8 Å². The Hall–Kier alpha value is -2.57. The van der Waals surface area contributed by atoms with Crippen LogP contribution in [0.2, 0.25) is 0 Å². The van der Waals surface area contributed by atoms with Gasteiger partial charge in [-0.05, 0) is 31.0 Å². The number of amides is 1. The molecule has 7 heteroatoms. The van der Waals surface area contributed by atoms with E-state index in [2.05, 4.69) is 10.1 Å². The summed E-state index contributed by atoms with van der Waals surface area (Å²) in [6, 6.07) is 4.80. The average Bonchev–Trinajstić information content (AvgIpc) is 2.51. The number of carbonyl (C=O) groups is 3. The molecule has 0 aliphatic carbocycles. The fraction of sp³-hybridized carbons (Fsp3) is 0.400. The molecule has 7 nitrogen and oxygen atoms in total. The molecule has 0 aromatic heterocycles. The molecule has 0 saturated carbocycles. The molecular formula is C15H20N2O5. The predicted octanol–water partition coefficient (Wildman–Crippen LogP) is 0.803. The molecule has 0 heterocycles. The highest BCUT2D eigenvalue weighted by atomic mass is 16.5. The summed E-state index contributed by atoms with van der Waals surface area (Å²) in [5.74, 6) is -1.38. The molecule has 1 amide bonds. The lowest BCUT2D eigenvalue weighted by molar-refractivity contribution is -0.140. The summed E-state index contributed by atoms with van der Waals surface area (Å²) >= 11 is 0. The van der Waals surface area contributed by atoms with Gasteiger partial charge in [0.25, 0.3) is 5.91 Å². The molecule has 1 aromatic carbocycles. The highest BCUT2D eigenvalue weighted by Gasteiger charge is 2.11. The number of anilines is 1. The number of rotatable bonds is 7. The van der Waals surface area contributed by atoms with Gasteiger partial charge in [0, 0.05) is 18.7 Å². The Balaban J connectivity index is 2.30. The summed E-state index contributed by atoms with van der Waals surface area (Å²) in [6.45, 7) is 1.75. The van der Waals surface area contributed by atoms with Crippen molar-refractivity contribution in [3.05, 3.63) is 29.3 Å². The maximum absolute atomic E-state index is 11.8. The van der Waals surface area contributed by atoms with Crippen molar-refractivity contribution >= 4 is 23.5 Å².